The van der Waals surface area contributed by atoms with Crippen molar-refractivity contribution < 1.29 is 9.53 Å². The second kappa shape index (κ2) is 6.00. The van der Waals surface area contributed by atoms with E-state index in [0.717, 1.165) is 15.9 Å². The Balaban J connectivity index is 1.87. The smallest absolute Gasteiger partial charge is 0.333 e. The molecule has 3 N–H and O–H groups in total. The van der Waals surface area contributed by atoms with E-state index in [1.807, 2.05) is 24.3 Å². The SMILES string of the molecule is COc1ccccc1CCC(=O)n1c(=O)[nH]c2cc(N)ccc21. The van der Waals surface area contributed by atoms with Crippen molar-refractivity contribution in [3.05, 3.63) is 58.5 Å². The van der Waals surface area contributed by atoms with Crippen LogP contribution in [0.2, 0.25) is 0 Å². The number of methoxy groups -OCH3 is 1. The van der Waals surface area contributed by atoms with Crippen LogP contribution in [0.1, 0.15) is 16.8 Å². The van der Waals surface area contributed by atoms with Crippen LogP contribution in [0.5, 0.6) is 5.75 Å². The van der Waals surface area contributed by atoms with Crippen LogP contribution in [0, 0.1) is 0 Å². The molecule has 0 unspecified atom stereocenters. The largest absolute Gasteiger partial charge is 0.496 e. The number of hydrogen-bond acceptors (Lipinski definition) is 4. The summed E-state index contributed by atoms with van der Waals surface area (Å²) in [7, 11) is 1.59. The summed E-state index contributed by atoms with van der Waals surface area (Å²) < 4.78 is 6.43. The molecule has 0 aliphatic carbocycles. The molecule has 1 aromatic heterocycles. The summed E-state index contributed by atoms with van der Waals surface area (Å²) in [5.74, 6) is 0.469. The number of imidazole rings is 1. The van der Waals surface area contributed by atoms with Crippen LogP contribution in [0.4, 0.5) is 5.69 Å². The number of benzene rings is 2. The number of aromatic nitrogens is 2. The van der Waals surface area contributed by atoms with Gasteiger partial charge in [0.1, 0.15) is 5.75 Å². The van der Waals surface area contributed by atoms with Gasteiger partial charge in [0.05, 0.1) is 18.1 Å². The van der Waals surface area contributed by atoms with Crippen molar-refractivity contribution in [3.8, 4) is 5.75 Å². The number of aromatic amines is 1. The number of nitrogen functional groups attached to an aromatic ring is 1. The zero-order chi connectivity index (χ0) is 16.4. The van der Waals surface area contributed by atoms with Crippen molar-refractivity contribution in [2.24, 2.45) is 0 Å². The zero-order valence-electron chi connectivity index (χ0n) is 12.7. The fourth-order valence-corrected chi connectivity index (χ4v) is 2.64. The molecule has 0 saturated carbocycles. The van der Waals surface area contributed by atoms with E-state index in [-0.39, 0.29) is 12.3 Å². The van der Waals surface area contributed by atoms with Crippen LogP contribution in [0.25, 0.3) is 11.0 Å². The Bertz CT molecular complexity index is 924. The fraction of sp³-hybridized carbons (Fsp3) is 0.176. The monoisotopic (exact) mass is 311 g/mol. The van der Waals surface area contributed by atoms with Crippen LogP contribution >= 0.6 is 0 Å². The van der Waals surface area contributed by atoms with Gasteiger partial charge in [-0.3, -0.25) is 4.79 Å². The van der Waals surface area contributed by atoms with E-state index in [1.165, 1.54) is 0 Å². The number of para-hydroxylation sites is 1. The van der Waals surface area contributed by atoms with Gasteiger partial charge in [-0.2, -0.15) is 0 Å². The number of rotatable bonds is 4. The van der Waals surface area contributed by atoms with Crippen molar-refractivity contribution in [3.63, 3.8) is 0 Å². The minimum Gasteiger partial charge on any atom is -0.496 e. The molecule has 1 heterocycles. The standard InChI is InChI=1S/C17H17N3O3/c1-23-15-5-3-2-4-11(15)6-9-16(21)20-14-8-7-12(18)10-13(14)19-17(20)22/h2-5,7-8,10H,6,9,18H2,1H3,(H,19,22). The second-order valence-corrected chi connectivity index (χ2v) is 5.25. The zero-order valence-corrected chi connectivity index (χ0v) is 12.7. The van der Waals surface area contributed by atoms with Crippen LogP contribution in [-0.4, -0.2) is 22.6 Å². The van der Waals surface area contributed by atoms with Crippen molar-refractivity contribution in [2.45, 2.75) is 12.8 Å². The molecule has 0 bridgehead atoms. The van der Waals surface area contributed by atoms with E-state index in [0.29, 0.717) is 23.1 Å². The lowest BCUT2D eigenvalue weighted by molar-refractivity contribution is 0.0904. The number of fused-ring (bicyclic) bond motifs is 1. The molecule has 3 rings (SSSR count). The van der Waals surface area contributed by atoms with E-state index >= 15 is 0 Å². The molecular weight excluding hydrogens is 294 g/mol. The number of nitrogens with one attached hydrogen (secondary N) is 1. The third-order valence-electron chi connectivity index (χ3n) is 3.76. The molecule has 0 aliphatic heterocycles. The molecule has 0 spiro atoms. The topological polar surface area (TPSA) is 90.1 Å². The Morgan fingerprint density at radius 3 is 2.83 bits per heavy atom. The van der Waals surface area contributed by atoms with E-state index in [2.05, 4.69) is 4.98 Å². The molecule has 0 radical (unpaired) electrons. The lowest BCUT2D eigenvalue weighted by Crippen LogP contribution is -2.24. The molecule has 0 fully saturated rings. The van der Waals surface area contributed by atoms with Crippen molar-refractivity contribution in [2.75, 3.05) is 12.8 Å². The fourth-order valence-electron chi connectivity index (χ4n) is 2.64. The van der Waals surface area contributed by atoms with Crippen LogP contribution in [0.3, 0.4) is 0 Å². The van der Waals surface area contributed by atoms with Crippen LogP contribution < -0.4 is 16.2 Å². The molecular formula is C17H17N3O3. The van der Waals surface area contributed by atoms with E-state index in [4.69, 9.17) is 10.5 Å². The average molecular weight is 311 g/mol. The number of aryl methyl sites for hydroxylation is 1. The Hall–Kier alpha value is -3.02. The number of ether oxygens (including phenoxy) is 1. The summed E-state index contributed by atoms with van der Waals surface area (Å²) >= 11 is 0. The molecule has 0 saturated heterocycles. The molecule has 23 heavy (non-hydrogen) atoms. The average Bonchev–Trinajstić information content (AvgIpc) is 2.87. The number of nitrogens with two attached hydrogens (primary N) is 1. The van der Waals surface area contributed by atoms with E-state index < -0.39 is 5.69 Å². The highest BCUT2D eigenvalue weighted by molar-refractivity contribution is 5.91. The Morgan fingerprint density at radius 2 is 2.04 bits per heavy atom. The molecule has 118 valence electrons. The molecule has 6 heteroatoms. The lowest BCUT2D eigenvalue weighted by atomic mass is 10.1. The summed E-state index contributed by atoms with van der Waals surface area (Å²) in [6.45, 7) is 0. The normalized spacial score (nSPS) is 10.8. The number of hydrogen-bond donors (Lipinski definition) is 2. The Morgan fingerprint density at radius 1 is 1.26 bits per heavy atom. The maximum Gasteiger partial charge on any atom is 0.333 e. The predicted octanol–water partition coefficient (Wildman–Crippen LogP) is 2.19. The van der Waals surface area contributed by atoms with Gasteiger partial charge in [0, 0.05) is 12.1 Å². The van der Waals surface area contributed by atoms with Gasteiger partial charge in [0.15, 0.2) is 0 Å². The first-order chi connectivity index (χ1) is 11.1. The van der Waals surface area contributed by atoms with Gasteiger partial charge < -0.3 is 15.5 Å². The first kappa shape index (κ1) is 14.9. The van der Waals surface area contributed by atoms with Gasteiger partial charge in [-0.05, 0) is 36.2 Å². The molecule has 2 aromatic carbocycles. The van der Waals surface area contributed by atoms with Crippen molar-refractivity contribution >= 4 is 22.6 Å². The number of carbonyl (C=O) groups is 1. The maximum atomic E-state index is 12.5. The maximum absolute atomic E-state index is 12.5. The van der Waals surface area contributed by atoms with Gasteiger partial charge in [0.25, 0.3) is 0 Å². The van der Waals surface area contributed by atoms with Gasteiger partial charge in [-0.15, -0.1) is 0 Å². The number of nitrogens with zero attached hydrogens (tertiary/aromatic N) is 1. The first-order valence-corrected chi connectivity index (χ1v) is 7.25. The Labute approximate surface area is 132 Å². The summed E-state index contributed by atoms with van der Waals surface area (Å²) in [5.41, 5.74) is 7.81. The number of carbonyl (C=O) groups excluding carboxylic acids is 1. The minimum atomic E-state index is -0.448. The van der Waals surface area contributed by atoms with Crippen LogP contribution in [-0.2, 0) is 6.42 Å². The summed E-state index contributed by atoms with van der Waals surface area (Å²) in [4.78, 5) is 27.2. The second-order valence-electron chi connectivity index (χ2n) is 5.25. The number of anilines is 1. The predicted molar refractivity (Wildman–Crippen MR) is 88.9 cm³/mol. The van der Waals surface area contributed by atoms with E-state index in [1.54, 1.807) is 25.3 Å². The Kier molecular flexibility index (Phi) is 3.89. The van der Waals surface area contributed by atoms with Gasteiger partial charge >= 0.3 is 5.69 Å². The van der Waals surface area contributed by atoms with Crippen molar-refractivity contribution in [1.82, 2.24) is 9.55 Å². The summed E-state index contributed by atoms with van der Waals surface area (Å²) in [6.07, 6.45) is 0.703. The van der Waals surface area contributed by atoms with Crippen LogP contribution in [0.15, 0.2) is 47.3 Å². The van der Waals surface area contributed by atoms with Gasteiger partial charge in [-0.25, -0.2) is 9.36 Å². The number of H-pyrrole nitrogens is 1. The molecule has 0 amide bonds. The summed E-state index contributed by atoms with van der Waals surface area (Å²) in [6, 6.07) is 12.5. The molecule has 6 nitrogen and oxygen atoms in total. The lowest BCUT2D eigenvalue weighted by Gasteiger charge is -2.08. The van der Waals surface area contributed by atoms with E-state index in [9.17, 15) is 9.59 Å². The van der Waals surface area contributed by atoms with Gasteiger partial charge in [0.2, 0.25) is 5.91 Å². The third-order valence-corrected chi connectivity index (χ3v) is 3.76. The minimum absolute atomic E-state index is 0.206. The highest BCUT2D eigenvalue weighted by Gasteiger charge is 2.14. The first-order valence-electron chi connectivity index (χ1n) is 7.25. The molecule has 0 atom stereocenters. The third kappa shape index (κ3) is 2.83. The van der Waals surface area contributed by atoms with Gasteiger partial charge in [-0.1, -0.05) is 18.2 Å². The molecule has 3 aromatic rings. The highest BCUT2D eigenvalue weighted by atomic mass is 16.5. The van der Waals surface area contributed by atoms with Crippen molar-refractivity contribution in [1.29, 1.82) is 0 Å². The summed E-state index contributed by atoms with van der Waals surface area (Å²) in [5, 5.41) is 0. The highest BCUT2D eigenvalue weighted by Crippen LogP contribution is 2.20. The molecule has 0 aliphatic rings. The quantitative estimate of drug-likeness (QED) is 0.723.